The smallest absolute Gasteiger partial charge is 0.312 e. The van der Waals surface area contributed by atoms with Gasteiger partial charge in [-0.25, -0.2) is 13.6 Å². The van der Waals surface area contributed by atoms with Crippen LogP contribution in [0.5, 0.6) is 0 Å². The van der Waals surface area contributed by atoms with Crippen LogP contribution in [0.1, 0.15) is 70.8 Å². The molecule has 464 valence electrons. The molecule has 0 saturated carbocycles. The molecule has 5 aromatic heterocycles. The number of anilines is 1. The number of esters is 2. The van der Waals surface area contributed by atoms with E-state index in [4.69, 9.17) is 14.6 Å². The van der Waals surface area contributed by atoms with E-state index in [-0.39, 0.29) is 56.5 Å². The number of carbonyl (C=O) groups is 4. The van der Waals surface area contributed by atoms with Gasteiger partial charge in [-0.15, -0.1) is 11.3 Å². The molecular formula is C72H73N6O9S2W-. The minimum atomic E-state index is -3.81. The molecule has 15 nitrogen and oxygen atoms in total. The van der Waals surface area contributed by atoms with Crippen molar-refractivity contribution in [3.05, 3.63) is 234 Å². The molecule has 90 heavy (non-hydrogen) atoms. The van der Waals surface area contributed by atoms with Crippen LogP contribution in [0.15, 0.2) is 181 Å². The van der Waals surface area contributed by atoms with Gasteiger partial charge in [-0.3, -0.25) is 39.1 Å². The molecule has 3 N–H and O–H groups in total. The zero-order chi connectivity index (χ0) is 62.5. The third-order valence-electron chi connectivity index (χ3n) is 17.1. The van der Waals surface area contributed by atoms with Gasteiger partial charge in [0.1, 0.15) is 4.21 Å². The number of benzene rings is 4. The van der Waals surface area contributed by atoms with Gasteiger partial charge in [-0.05, 0) is 201 Å². The standard InChI is InChI=1S/C22H23N3O3S2.C17H17NO2.2C16H15NO2.CH3.W/c1-14-10-19(29-20(14)30(23,27)28)25(3)21(26)22(2)12-16-8-7-15(11-17(16)13-22)18-6-4-5-9-24-18;1-17(16(19)20-2)10-13-7-6-12(9-14(13)11-17)15-5-3-4-8-18-15;1-19-16(18)14-8-11-5-6-12(9-13(11)10-14)15-4-2-3-7-17-15;1-16(15(18)19)9-12-6-5-11(8-13(12)10-16)14-4-2-3-7-17-14;;/h4-11H,12-13H2,1-3H3,(H2,23,27,28);3-9H,10-11H2,1-2H3;2-7,9,14H,8,10H2,1H3;2-8H,9-10H2,1H3,(H,18,19);1H3;/q;;;;-1;. The maximum atomic E-state index is 13.4. The number of pyridine rings is 4. The number of nitrogens with two attached hydrogens (primary N) is 1. The van der Waals surface area contributed by atoms with Crippen molar-refractivity contribution in [2.24, 2.45) is 27.3 Å². The van der Waals surface area contributed by atoms with Crippen LogP contribution in [-0.4, -0.2) is 78.5 Å². The molecule has 0 radical (unpaired) electrons. The molecule has 4 aromatic carbocycles. The van der Waals surface area contributed by atoms with Gasteiger partial charge >= 0.3 is 17.9 Å². The number of amides is 1. The van der Waals surface area contributed by atoms with Crippen LogP contribution in [0.25, 0.3) is 45.0 Å². The summed E-state index contributed by atoms with van der Waals surface area (Å²) in [4.78, 5) is 67.3. The average molecular weight is 1410 g/mol. The van der Waals surface area contributed by atoms with E-state index < -0.39 is 32.2 Å². The quantitative estimate of drug-likeness (QED) is 0.0962. The molecule has 0 bridgehead atoms. The number of thiophene rings is 1. The Morgan fingerprint density at radius 3 is 1.28 bits per heavy atom. The van der Waals surface area contributed by atoms with Gasteiger partial charge in [-0.2, -0.15) is 0 Å². The van der Waals surface area contributed by atoms with E-state index in [1.807, 2.05) is 112 Å². The second-order valence-electron chi connectivity index (χ2n) is 23.9. The Labute approximate surface area is 545 Å². The van der Waals surface area contributed by atoms with E-state index in [0.717, 1.165) is 104 Å². The van der Waals surface area contributed by atoms with Gasteiger partial charge in [-0.1, -0.05) is 79.7 Å². The number of carbonyl (C=O) groups excluding carboxylic acids is 3. The van der Waals surface area contributed by atoms with Crippen LogP contribution in [0.2, 0.25) is 0 Å². The van der Waals surface area contributed by atoms with Crippen molar-refractivity contribution in [3.63, 3.8) is 0 Å². The van der Waals surface area contributed by atoms with Gasteiger partial charge in [0.05, 0.1) is 64.2 Å². The van der Waals surface area contributed by atoms with Crippen LogP contribution in [-0.2, 0) is 111 Å². The summed E-state index contributed by atoms with van der Waals surface area (Å²) in [6, 6.07) is 50.1. The third kappa shape index (κ3) is 14.9. The van der Waals surface area contributed by atoms with E-state index >= 15 is 0 Å². The largest absolute Gasteiger partial charge is 0.481 e. The number of aryl methyl sites for hydroxylation is 1. The van der Waals surface area contributed by atoms with Crippen molar-refractivity contribution < 1.29 is 63.2 Å². The number of hydrogen-bond acceptors (Lipinski definition) is 13. The summed E-state index contributed by atoms with van der Waals surface area (Å²) >= 11 is 1.03. The number of nitrogens with zero attached hydrogens (tertiary/aromatic N) is 5. The fourth-order valence-electron chi connectivity index (χ4n) is 12.4. The van der Waals surface area contributed by atoms with Gasteiger partial charge in [0.25, 0.3) is 0 Å². The number of fused-ring (bicyclic) bond motifs is 4. The van der Waals surface area contributed by atoms with Crippen molar-refractivity contribution in [1.29, 1.82) is 0 Å². The number of hydrogen-bond donors (Lipinski definition) is 2. The molecule has 0 aliphatic heterocycles. The summed E-state index contributed by atoms with van der Waals surface area (Å²) in [7, 11) is 0.786. The Morgan fingerprint density at radius 1 is 0.533 bits per heavy atom. The molecule has 0 fully saturated rings. The number of aromatic nitrogens is 4. The van der Waals surface area contributed by atoms with E-state index in [1.54, 1.807) is 49.7 Å². The van der Waals surface area contributed by atoms with Crippen LogP contribution in [0, 0.1) is 36.5 Å². The van der Waals surface area contributed by atoms with E-state index in [9.17, 15) is 32.7 Å². The zero-order valence-electron chi connectivity index (χ0n) is 51.7. The molecule has 4 atom stereocenters. The monoisotopic (exact) mass is 1410 g/mol. The Bertz CT molecular complexity index is 4190. The molecule has 4 unspecified atom stereocenters. The van der Waals surface area contributed by atoms with E-state index in [2.05, 4.69) is 74.5 Å². The summed E-state index contributed by atoms with van der Waals surface area (Å²) in [6.07, 6.45) is 12.6. The molecule has 5 heterocycles. The Kier molecular flexibility index (Phi) is 21.2. The molecule has 0 saturated heterocycles. The SMILES string of the molecule is CC1(C(=O)O)Cc2ccc(-c3ccccn3)cc2C1.COC(=O)C1(C)Cc2ccc(-c3ccccn3)cc2C1.COC(=O)C1Cc2ccc(-c3ccccn3)cc2C1.Cc1cc(N(C)C(=O)C2(C)Cc3ccc(-c4ccccn4)cc3C2)sc1S(N)(=O)=O.[CH3-].[W]. The first kappa shape index (κ1) is 67.6. The van der Waals surface area contributed by atoms with Gasteiger partial charge < -0.3 is 26.9 Å². The summed E-state index contributed by atoms with van der Waals surface area (Å²) < 4.78 is 33.4. The van der Waals surface area contributed by atoms with Gasteiger partial charge in [0.2, 0.25) is 15.9 Å². The Balaban J connectivity index is 0.000000157. The number of primary sulfonamides is 1. The fraction of sp³-hybridized carbons (Fsp3) is 0.264. The molecule has 1 amide bonds. The van der Waals surface area contributed by atoms with Crippen molar-refractivity contribution >= 4 is 50.2 Å². The maximum absolute atomic E-state index is 13.4. The molecule has 4 aliphatic carbocycles. The first-order chi connectivity index (χ1) is 42.1. The second-order valence-corrected chi connectivity index (χ2v) is 26.7. The minimum Gasteiger partial charge on any atom is -0.481 e. The van der Waals surface area contributed by atoms with Crippen LogP contribution in [0.3, 0.4) is 0 Å². The van der Waals surface area contributed by atoms with Gasteiger partial charge in [0, 0.05) is 75.2 Å². The number of carboxylic acid groups (broad SMARTS) is 1. The molecule has 18 heteroatoms. The van der Waals surface area contributed by atoms with Crippen LogP contribution >= 0.6 is 11.3 Å². The van der Waals surface area contributed by atoms with Crippen molar-refractivity contribution in [1.82, 2.24) is 19.9 Å². The number of sulfonamides is 1. The Morgan fingerprint density at radius 2 is 0.900 bits per heavy atom. The molecule has 4 aliphatic rings. The molecular weight excluding hydrogens is 1340 g/mol. The molecule has 13 rings (SSSR count). The van der Waals surface area contributed by atoms with Crippen molar-refractivity contribution in [2.45, 2.75) is 83.3 Å². The predicted molar refractivity (Wildman–Crippen MR) is 348 cm³/mol. The second kappa shape index (κ2) is 28.2. The summed E-state index contributed by atoms with van der Waals surface area (Å²) in [6.45, 7) is 7.44. The normalized spacial score (nSPS) is 18.7. The summed E-state index contributed by atoms with van der Waals surface area (Å²) in [5.41, 5.74) is 16.4. The van der Waals surface area contributed by atoms with Crippen LogP contribution < -0.4 is 10.0 Å². The van der Waals surface area contributed by atoms with Crippen LogP contribution in [0.4, 0.5) is 5.00 Å². The maximum Gasteiger partial charge on any atom is 0.312 e. The van der Waals surface area contributed by atoms with E-state index in [1.165, 1.54) is 36.5 Å². The number of rotatable bonds is 10. The number of aliphatic carboxylic acids is 1. The topological polar surface area (TPSA) is 222 Å². The number of methoxy groups -OCH3 is 2. The van der Waals surface area contributed by atoms with Gasteiger partial charge in [0.15, 0.2) is 0 Å². The first-order valence-electron chi connectivity index (χ1n) is 29.0. The fourth-order valence-corrected chi connectivity index (χ4v) is 14.5. The van der Waals surface area contributed by atoms with Crippen molar-refractivity contribution in [3.8, 4) is 45.0 Å². The first-order valence-corrected chi connectivity index (χ1v) is 31.4. The molecule has 9 aromatic rings. The van der Waals surface area contributed by atoms with Crippen molar-refractivity contribution in [2.75, 3.05) is 26.2 Å². The average Bonchev–Trinajstić information content (AvgIpc) is 3.16. The number of ether oxygens (including phenoxy) is 2. The van der Waals surface area contributed by atoms with E-state index in [0.29, 0.717) is 36.2 Å². The summed E-state index contributed by atoms with van der Waals surface area (Å²) in [5, 5.41) is 15.2. The molecule has 0 spiro atoms. The Hall–Kier alpha value is -8.34. The summed E-state index contributed by atoms with van der Waals surface area (Å²) in [5.74, 6) is -1.04. The minimum absolute atomic E-state index is 0. The predicted octanol–water partition coefficient (Wildman–Crippen LogP) is 12.6. The zero-order valence-corrected chi connectivity index (χ0v) is 56.3. The number of carboxylic acids is 1. The third-order valence-corrected chi connectivity index (χ3v) is 20.0.